The van der Waals surface area contributed by atoms with Gasteiger partial charge in [0, 0.05) is 24.8 Å². The van der Waals surface area contributed by atoms with Crippen LogP contribution in [0, 0.1) is 0 Å². The molecule has 1 amide bonds. The summed E-state index contributed by atoms with van der Waals surface area (Å²) >= 11 is 1.68. The molecule has 1 fully saturated rings. The van der Waals surface area contributed by atoms with Crippen LogP contribution < -0.4 is 5.32 Å². The number of rotatable bonds is 2. The minimum Gasteiger partial charge on any atom is -0.325 e. The van der Waals surface area contributed by atoms with Gasteiger partial charge in [-0.3, -0.25) is 9.69 Å². The number of piperidine rings is 1. The van der Waals surface area contributed by atoms with E-state index >= 15 is 0 Å². The molecule has 26 heavy (non-hydrogen) atoms. The van der Waals surface area contributed by atoms with E-state index in [9.17, 15) is 4.79 Å². The first-order valence-electron chi connectivity index (χ1n) is 9.15. The van der Waals surface area contributed by atoms with Crippen LogP contribution in [0.2, 0.25) is 0 Å². The van der Waals surface area contributed by atoms with Crippen LogP contribution in [0.4, 0.5) is 5.69 Å². The summed E-state index contributed by atoms with van der Waals surface area (Å²) in [6.07, 6.45) is 1.75. The SMILES string of the molecule is C[C@@H](c1ccc2scnc2c1)N1CCC2(CC1)C(=O)Nc1ccccc12. The summed E-state index contributed by atoms with van der Waals surface area (Å²) < 4.78 is 1.23. The quantitative estimate of drug-likeness (QED) is 0.736. The fourth-order valence-electron chi connectivity index (χ4n) is 4.51. The lowest BCUT2D eigenvalue weighted by Crippen LogP contribution is -2.47. The molecule has 2 aliphatic rings. The molecule has 0 radical (unpaired) electrons. The second kappa shape index (κ2) is 5.89. The van der Waals surface area contributed by atoms with Crippen LogP contribution in [0.3, 0.4) is 0 Å². The maximum absolute atomic E-state index is 12.7. The fraction of sp³-hybridized carbons (Fsp3) is 0.333. The number of benzene rings is 2. The first-order valence-corrected chi connectivity index (χ1v) is 10.0. The number of carbonyl (C=O) groups excluding carboxylic acids is 1. The van der Waals surface area contributed by atoms with E-state index in [2.05, 4.69) is 46.4 Å². The minimum atomic E-state index is -0.342. The minimum absolute atomic E-state index is 0.176. The Labute approximate surface area is 156 Å². The number of para-hydroxylation sites is 1. The number of aromatic nitrogens is 1. The number of hydrogen-bond acceptors (Lipinski definition) is 4. The molecule has 5 rings (SSSR count). The number of fused-ring (bicyclic) bond motifs is 3. The largest absolute Gasteiger partial charge is 0.325 e. The van der Waals surface area contributed by atoms with Crippen LogP contribution >= 0.6 is 11.3 Å². The second-order valence-electron chi connectivity index (χ2n) is 7.37. The lowest BCUT2D eigenvalue weighted by Gasteiger charge is -2.40. The van der Waals surface area contributed by atoms with Crippen molar-refractivity contribution in [1.82, 2.24) is 9.88 Å². The third kappa shape index (κ3) is 2.31. The number of nitrogens with zero attached hydrogens (tertiary/aromatic N) is 2. The average molecular weight is 363 g/mol. The van der Waals surface area contributed by atoms with E-state index in [4.69, 9.17) is 0 Å². The van der Waals surface area contributed by atoms with Gasteiger partial charge in [-0.05, 0) is 49.1 Å². The smallest absolute Gasteiger partial charge is 0.235 e. The zero-order chi connectivity index (χ0) is 17.7. The molecule has 1 atom stereocenters. The van der Waals surface area contributed by atoms with Crippen LogP contribution in [0.5, 0.6) is 0 Å². The Morgan fingerprint density at radius 1 is 1.19 bits per heavy atom. The molecule has 2 aromatic carbocycles. The van der Waals surface area contributed by atoms with E-state index < -0.39 is 0 Å². The third-order valence-electron chi connectivity index (χ3n) is 6.16. The first-order chi connectivity index (χ1) is 12.7. The summed E-state index contributed by atoms with van der Waals surface area (Å²) in [5, 5.41) is 3.09. The highest BCUT2D eigenvalue weighted by molar-refractivity contribution is 7.16. The third-order valence-corrected chi connectivity index (χ3v) is 6.97. The Bertz CT molecular complexity index is 988. The summed E-state index contributed by atoms with van der Waals surface area (Å²) in [5.41, 5.74) is 6.12. The predicted molar refractivity (Wildman–Crippen MR) is 106 cm³/mol. The molecule has 1 aromatic heterocycles. The summed E-state index contributed by atoms with van der Waals surface area (Å²) in [4.78, 5) is 19.7. The van der Waals surface area contributed by atoms with Crippen LogP contribution in [0.15, 0.2) is 48.0 Å². The van der Waals surface area contributed by atoms with E-state index in [0.29, 0.717) is 6.04 Å². The summed E-state index contributed by atoms with van der Waals surface area (Å²) in [6.45, 7) is 4.12. The average Bonchev–Trinajstić information content (AvgIpc) is 3.25. The molecule has 0 unspecified atom stereocenters. The van der Waals surface area contributed by atoms with Gasteiger partial charge in [-0.25, -0.2) is 4.98 Å². The highest BCUT2D eigenvalue weighted by Crippen LogP contribution is 2.45. The van der Waals surface area contributed by atoms with Crippen molar-refractivity contribution >= 4 is 33.1 Å². The van der Waals surface area contributed by atoms with E-state index in [0.717, 1.165) is 37.1 Å². The second-order valence-corrected chi connectivity index (χ2v) is 8.26. The Balaban J connectivity index is 1.38. The Hall–Kier alpha value is -2.24. The van der Waals surface area contributed by atoms with Crippen molar-refractivity contribution in [2.75, 3.05) is 18.4 Å². The van der Waals surface area contributed by atoms with Crippen LogP contribution in [-0.2, 0) is 10.2 Å². The number of amides is 1. The molecule has 4 nitrogen and oxygen atoms in total. The standard InChI is InChI=1S/C21H21N3OS/c1-14(15-6-7-19-18(12-15)22-13-26-19)24-10-8-21(9-11-24)16-4-2-3-5-17(16)23-20(21)25/h2-7,12-14H,8-11H2,1H3,(H,23,25)/t14-/m0/s1. The lowest BCUT2D eigenvalue weighted by molar-refractivity contribution is -0.122. The number of thiazole rings is 1. The molecule has 3 heterocycles. The number of nitrogens with one attached hydrogen (secondary N) is 1. The lowest BCUT2D eigenvalue weighted by atomic mass is 9.73. The molecule has 1 N–H and O–H groups in total. The van der Waals surface area contributed by atoms with Crippen molar-refractivity contribution in [2.45, 2.75) is 31.2 Å². The molecule has 0 saturated carbocycles. The van der Waals surface area contributed by atoms with Crippen LogP contribution in [0.25, 0.3) is 10.2 Å². The van der Waals surface area contributed by atoms with Crippen molar-refractivity contribution in [3.05, 3.63) is 59.1 Å². The molecule has 0 bridgehead atoms. The van der Waals surface area contributed by atoms with Gasteiger partial charge in [-0.15, -0.1) is 11.3 Å². The maximum Gasteiger partial charge on any atom is 0.235 e. The van der Waals surface area contributed by atoms with Crippen molar-refractivity contribution in [3.63, 3.8) is 0 Å². The Morgan fingerprint density at radius 2 is 2.00 bits per heavy atom. The summed E-state index contributed by atoms with van der Waals surface area (Å²) in [7, 11) is 0. The van der Waals surface area contributed by atoms with Crippen LogP contribution in [0.1, 0.15) is 36.9 Å². The molecule has 132 valence electrons. The molecular formula is C21H21N3OS. The molecule has 3 aromatic rings. The number of anilines is 1. The molecular weight excluding hydrogens is 342 g/mol. The van der Waals surface area contributed by atoms with Gasteiger partial charge in [-0.2, -0.15) is 0 Å². The van der Waals surface area contributed by atoms with Gasteiger partial charge in [-0.1, -0.05) is 24.3 Å². The number of likely N-dealkylation sites (tertiary alicyclic amines) is 1. The number of carbonyl (C=O) groups is 1. The normalized spacial score (nSPS) is 20.3. The highest BCUT2D eigenvalue weighted by Gasteiger charge is 2.48. The molecule has 2 aliphatic heterocycles. The van der Waals surface area contributed by atoms with Gasteiger partial charge >= 0.3 is 0 Å². The van der Waals surface area contributed by atoms with Gasteiger partial charge in [0.2, 0.25) is 5.91 Å². The molecule has 1 spiro atoms. The van der Waals surface area contributed by atoms with Crippen molar-refractivity contribution in [3.8, 4) is 0 Å². The van der Waals surface area contributed by atoms with Gasteiger partial charge < -0.3 is 5.32 Å². The van der Waals surface area contributed by atoms with Crippen molar-refractivity contribution in [2.24, 2.45) is 0 Å². The van der Waals surface area contributed by atoms with E-state index in [1.54, 1.807) is 11.3 Å². The van der Waals surface area contributed by atoms with Crippen LogP contribution in [-0.4, -0.2) is 28.9 Å². The topological polar surface area (TPSA) is 45.2 Å². The molecule has 1 saturated heterocycles. The zero-order valence-corrected chi connectivity index (χ0v) is 15.6. The monoisotopic (exact) mass is 363 g/mol. The van der Waals surface area contributed by atoms with E-state index in [1.165, 1.54) is 15.8 Å². The van der Waals surface area contributed by atoms with Crippen molar-refractivity contribution < 1.29 is 4.79 Å². The van der Waals surface area contributed by atoms with Crippen molar-refractivity contribution in [1.29, 1.82) is 0 Å². The van der Waals surface area contributed by atoms with Gasteiger partial charge in [0.25, 0.3) is 0 Å². The Kier molecular flexibility index (Phi) is 3.62. The van der Waals surface area contributed by atoms with Gasteiger partial charge in [0.15, 0.2) is 0 Å². The first kappa shape index (κ1) is 16.0. The van der Waals surface area contributed by atoms with Gasteiger partial charge in [0.05, 0.1) is 21.1 Å². The number of hydrogen-bond donors (Lipinski definition) is 1. The highest BCUT2D eigenvalue weighted by atomic mass is 32.1. The molecule has 5 heteroatoms. The zero-order valence-electron chi connectivity index (χ0n) is 14.7. The summed E-state index contributed by atoms with van der Waals surface area (Å²) in [5.74, 6) is 0.176. The fourth-order valence-corrected chi connectivity index (χ4v) is 5.17. The summed E-state index contributed by atoms with van der Waals surface area (Å²) in [6, 6.07) is 15.1. The maximum atomic E-state index is 12.7. The van der Waals surface area contributed by atoms with E-state index in [1.807, 2.05) is 23.7 Å². The predicted octanol–water partition coefficient (Wildman–Crippen LogP) is 4.34. The molecule has 0 aliphatic carbocycles. The Morgan fingerprint density at radius 3 is 2.85 bits per heavy atom. The van der Waals surface area contributed by atoms with Gasteiger partial charge in [0.1, 0.15) is 0 Å². The van der Waals surface area contributed by atoms with E-state index in [-0.39, 0.29) is 11.3 Å².